The number of anilines is 1. The van der Waals surface area contributed by atoms with Crippen LogP contribution in [0.5, 0.6) is 5.75 Å². The number of hydrogen-bond acceptors (Lipinski definition) is 5. The zero-order chi connectivity index (χ0) is 19.0. The van der Waals surface area contributed by atoms with Crippen LogP contribution in [0.1, 0.15) is 41.6 Å². The molecule has 0 N–H and O–H groups in total. The van der Waals surface area contributed by atoms with Crippen molar-refractivity contribution in [2.24, 2.45) is 0 Å². The number of methoxy groups -OCH3 is 1. The summed E-state index contributed by atoms with van der Waals surface area (Å²) in [6.07, 6.45) is 3.76. The first kappa shape index (κ1) is 17.6. The Hall–Kier alpha value is -2.83. The molecule has 1 aromatic carbocycles. The first-order valence-corrected chi connectivity index (χ1v) is 9.32. The van der Waals surface area contributed by atoms with Crippen LogP contribution in [0.3, 0.4) is 0 Å². The molecular formula is C20H23N3O4. The third-order valence-electron chi connectivity index (χ3n) is 5.38. The van der Waals surface area contributed by atoms with E-state index >= 15 is 0 Å². The highest BCUT2D eigenvalue weighted by Crippen LogP contribution is 2.31. The fourth-order valence-corrected chi connectivity index (χ4v) is 3.90. The molecule has 2 aliphatic rings. The van der Waals surface area contributed by atoms with Crippen LogP contribution in [0.25, 0.3) is 0 Å². The average Bonchev–Trinajstić information content (AvgIpc) is 3.13. The van der Waals surface area contributed by atoms with Crippen molar-refractivity contribution < 1.29 is 18.8 Å². The second-order valence-electron chi connectivity index (χ2n) is 7.10. The van der Waals surface area contributed by atoms with Gasteiger partial charge in [0.25, 0.3) is 5.91 Å². The largest absolute Gasteiger partial charge is 0.495 e. The van der Waals surface area contributed by atoms with E-state index in [1.807, 2.05) is 31.2 Å². The van der Waals surface area contributed by atoms with Crippen molar-refractivity contribution in [1.82, 2.24) is 10.1 Å². The van der Waals surface area contributed by atoms with Gasteiger partial charge in [-0.05, 0) is 44.7 Å². The van der Waals surface area contributed by atoms with Crippen LogP contribution in [0.15, 0.2) is 28.8 Å². The molecule has 1 saturated heterocycles. The van der Waals surface area contributed by atoms with E-state index in [1.165, 1.54) is 0 Å². The number of hydrogen-bond donors (Lipinski definition) is 0. The molecule has 2 amide bonds. The maximum atomic E-state index is 13.1. The summed E-state index contributed by atoms with van der Waals surface area (Å²) < 4.78 is 10.8. The summed E-state index contributed by atoms with van der Waals surface area (Å²) in [6, 6.07) is 7.26. The van der Waals surface area contributed by atoms with Crippen LogP contribution < -0.4 is 9.64 Å². The second kappa shape index (κ2) is 7.06. The zero-order valence-electron chi connectivity index (χ0n) is 15.6. The molecule has 1 aliphatic carbocycles. The third kappa shape index (κ3) is 3.07. The van der Waals surface area contributed by atoms with Crippen LogP contribution in [0.4, 0.5) is 5.69 Å². The quantitative estimate of drug-likeness (QED) is 0.831. The molecule has 0 bridgehead atoms. The summed E-state index contributed by atoms with van der Waals surface area (Å²) in [7, 11) is 1.58. The Balaban J connectivity index is 1.56. The summed E-state index contributed by atoms with van der Waals surface area (Å²) in [5.41, 5.74) is 2.52. The summed E-state index contributed by atoms with van der Waals surface area (Å²) in [6.45, 7) is 2.35. The van der Waals surface area contributed by atoms with Gasteiger partial charge < -0.3 is 19.1 Å². The fourth-order valence-electron chi connectivity index (χ4n) is 3.90. The molecule has 7 heteroatoms. The van der Waals surface area contributed by atoms with Crippen molar-refractivity contribution in [3.05, 3.63) is 41.3 Å². The number of ether oxygens (including phenoxy) is 1. The van der Waals surface area contributed by atoms with Crippen molar-refractivity contribution in [2.45, 2.75) is 38.6 Å². The number of aryl methyl sites for hydroxylation is 1. The first-order valence-electron chi connectivity index (χ1n) is 9.32. The van der Waals surface area contributed by atoms with Gasteiger partial charge in [0, 0.05) is 18.2 Å². The van der Waals surface area contributed by atoms with E-state index in [0.717, 1.165) is 42.6 Å². The first-order chi connectivity index (χ1) is 13.1. The maximum absolute atomic E-state index is 13.1. The molecule has 0 unspecified atom stereocenters. The van der Waals surface area contributed by atoms with Crippen molar-refractivity contribution in [2.75, 3.05) is 25.1 Å². The van der Waals surface area contributed by atoms with Crippen LogP contribution in [0, 0.1) is 0 Å². The Bertz CT molecular complexity index is 876. The summed E-state index contributed by atoms with van der Waals surface area (Å²) >= 11 is 0. The number of nitrogens with zero attached hydrogens (tertiary/aromatic N) is 3. The Morgan fingerprint density at radius 1 is 1.26 bits per heavy atom. The Morgan fingerprint density at radius 2 is 2.04 bits per heavy atom. The molecule has 142 valence electrons. The number of aromatic nitrogens is 1. The van der Waals surface area contributed by atoms with E-state index in [9.17, 15) is 9.59 Å². The summed E-state index contributed by atoms with van der Waals surface area (Å²) in [5, 5.41) is 4.07. The Labute approximate surface area is 157 Å². The van der Waals surface area contributed by atoms with Gasteiger partial charge in [0.05, 0.1) is 18.5 Å². The number of amides is 2. The molecule has 1 atom stereocenters. The van der Waals surface area contributed by atoms with Crippen molar-refractivity contribution in [3.63, 3.8) is 0 Å². The highest BCUT2D eigenvalue weighted by molar-refractivity contribution is 6.02. The molecule has 0 spiro atoms. The topological polar surface area (TPSA) is 75.9 Å². The molecule has 1 aromatic heterocycles. The highest BCUT2D eigenvalue weighted by atomic mass is 16.5. The lowest BCUT2D eigenvalue weighted by atomic mass is 9.95. The van der Waals surface area contributed by atoms with E-state index in [4.69, 9.17) is 9.26 Å². The number of benzene rings is 1. The van der Waals surface area contributed by atoms with Gasteiger partial charge in [-0.3, -0.25) is 9.59 Å². The number of rotatable bonds is 3. The molecule has 0 saturated carbocycles. The molecule has 0 radical (unpaired) electrons. The van der Waals surface area contributed by atoms with E-state index in [-0.39, 0.29) is 24.4 Å². The lowest BCUT2D eigenvalue weighted by Gasteiger charge is -2.39. The zero-order valence-corrected chi connectivity index (χ0v) is 15.6. The lowest BCUT2D eigenvalue weighted by Crippen LogP contribution is -2.57. The maximum Gasteiger partial charge on any atom is 0.293 e. The van der Waals surface area contributed by atoms with Gasteiger partial charge in [-0.15, -0.1) is 0 Å². The monoisotopic (exact) mass is 369 g/mol. The van der Waals surface area contributed by atoms with Gasteiger partial charge in [0.2, 0.25) is 11.7 Å². The predicted octanol–water partition coefficient (Wildman–Crippen LogP) is 2.44. The van der Waals surface area contributed by atoms with Crippen LogP contribution in [-0.4, -0.2) is 48.1 Å². The Kier molecular flexibility index (Phi) is 4.59. The predicted molar refractivity (Wildman–Crippen MR) is 99.0 cm³/mol. The van der Waals surface area contributed by atoms with Gasteiger partial charge in [0.15, 0.2) is 0 Å². The summed E-state index contributed by atoms with van der Waals surface area (Å²) in [4.78, 5) is 29.1. The average molecular weight is 369 g/mol. The Morgan fingerprint density at radius 3 is 2.85 bits per heavy atom. The van der Waals surface area contributed by atoms with Crippen LogP contribution in [-0.2, 0) is 17.6 Å². The summed E-state index contributed by atoms with van der Waals surface area (Å²) in [5.74, 6) is 0.558. The number of carbonyl (C=O) groups is 2. The molecule has 2 aromatic rings. The van der Waals surface area contributed by atoms with Gasteiger partial charge in [0.1, 0.15) is 12.3 Å². The minimum atomic E-state index is -0.244. The molecular weight excluding hydrogens is 346 g/mol. The number of piperazine rings is 1. The fraction of sp³-hybridized carbons (Fsp3) is 0.450. The minimum absolute atomic E-state index is 0.00746. The van der Waals surface area contributed by atoms with Gasteiger partial charge in [-0.2, -0.15) is 0 Å². The normalized spacial score (nSPS) is 19.8. The van der Waals surface area contributed by atoms with Crippen molar-refractivity contribution in [3.8, 4) is 5.75 Å². The number of para-hydroxylation sites is 2. The third-order valence-corrected chi connectivity index (χ3v) is 5.38. The molecule has 1 fully saturated rings. The van der Waals surface area contributed by atoms with Crippen molar-refractivity contribution in [1.29, 1.82) is 0 Å². The molecule has 1 aliphatic heterocycles. The molecule has 2 heterocycles. The second-order valence-corrected chi connectivity index (χ2v) is 7.10. The van der Waals surface area contributed by atoms with E-state index in [1.54, 1.807) is 16.9 Å². The minimum Gasteiger partial charge on any atom is -0.495 e. The number of fused-ring (bicyclic) bond motifs is 1. The van der Waals surface area contributed by atoms with Crippen LogP contribution >= 0.6 is 0 Å². The molecule has 4 rings (SSSR count). The SMILES string of the molecule is COc1ccccc1N1C[C@@H](C)N(C(=O)c2onc3c2CCCC3)CC1=O. The smallest absolute Gasteiger partial charge is 0.293 e. The number of carbonyl (C=O) groups excluding carboxylic acids is 2. The standard InChI is InChI=1S/C20H23N3O4/c1-13-11-23(16-9-5-6-10-17(16)26-2)18(24)12-22(13)20(25)19-14-7-3-4-8-15(14)21-27-19/h5-6,9-10,13H,3-4,7-8,11-12H2,1-2H3/t13-/m1/s1. The van der Waals surface area contributed by atoms with Crippen LogP contribution in [0.2, 0.25) is 0 Å². The van der Waals surface area contributed by atoms with E-state index in [0.29, 0.717) is 18.1 Å². The van der Waals surface area contributed by atoms with E-state index in [2.05, 4.69) is 5.16 Å². The van der Waals surface area contributed by atoms with Gasteiger partial charge >= 0.3 is 0 Å². The lowest BCUT2D eigenvalue weighted by molar-refractivity contribution is -0.121. The molecule has 7 nitrogen and oxygen atoms in total. The van der Waals surface area contributed by atoms with Crippen molar-refractivity contribution >= 4 is 17.5 Å². The van der Waals surface area contributed by atoms with Gasteiger partial charge in [-0.25, -0.2) is 0 Å². The van der Waals surface area contributed by atoms with E-state index < -0.39 is 0 Å². The molecule has 27 heavy (non-hydrogen) atoms. The van der Waals surface area contributed by atoms with Gasteiger partial charge in [-0.1, -0.05) is 17.3 Å². The highest BCUT2D eigenvalue weighted by Gasteiger charge is 2.37.